The summed E-state index contributed by atoms with van der Waals surface area (Å²) in [7, 11) is 3.93. The molecule has 90 valence electrons. The van der Waals surface area contributed by atoms with Crippen LogP contribution in [0.5, 0.6) is 0 Å². The van der Waals surface area contributed by atoms with Crippen molar-refractivity contribution in [2.75, 3.05) is 19.0 Å². The van der Waals surface area contributed by atoms with E-state index >= 15 is 0 Å². The summed E-state index contributed by atoms with van der Waals surface area (Å²) in [5.41, 5.74) is 1.90. The van der Waals surface area contributed by atoms with Crippen molar-refractivity contribution in [1.29, 1.82) is 0 Å². The first-order chi connectivity index (χ1) is 8.08. The van der Waals surface area contributed by atoms with E-state index in [-0.39, 0.29) is 0 Å². The molecule has 0 saturated carbocycles. The molecule has 0 fully saturated rings. The fourth-order valence-corrected chi connectivity index (χ4v) is 1.44. The van der Waals surface area contributed by atoms with Crippen molar-refractivity contribution in [2.24, 2.45) is 0 Å². The van der Waals surface area contributed by atoms with E-state index in [9.17, 15) is 5.11 Å². The molecule has 2 rings (SSSR count). The second kappa shape index (κ2) is 4.55. The highest BCUT2D eigenvalue weighted by molar-refractivity contribution is 5.61. The smallest absolute Gasteiger partial charge is 0.258 e. The zero-order chi connectivity index (χ0) is 12.4. The van der Waals surface area contributed by atoms with Gasteiger partial charge in [-0.3, -0.25) is 0 Å². The summed E-state index contributed by atoms with van der Waals surface area (Å²) in [6.45, 7) is 1.60. The standard InChI is InChI=1S/C12H15N3O2/c1-8(16)11-13-12(17-14-11)9-5-4-6-10(7-9)15(2)3/h4-8,16H,1-3H3. The molecule has 2 aromatic rings. The monoisotopic (exact) mass is 233 g/mol. The van der Waals surface area contributed by atoms with Gasteiger partial charge in [-0.15, -0.1) is 0 Å². The summed E-state index contributed by atoms with van der Waals surface area (Å²) in [4.78, 5) is 6.13. The van der Waals surface area contributed by atoms with Crippen LogP contribution in [0.4, 0.5) is 5.69 Å². The van der Waals surface area contributed by atoms with Crippen LogP contribution in [0.1, 0.15) is 18.9 Å². The Morgan fingerprint density at radius 1 is 1.35 bits per heavy atom. The molecule has 1 atom stereocenters. The second-order valence-corrected chi connectivity index (χ2v) is 4.08. The largest absolute Gasteiger partial charge is 0.385 e. The molecule has 5 nitrogen and oxygen atoms in total. The minimum absolute atomic E-state index is 0.301. The van der Waals surface area contributed by atoms with Gasteiger partial charge in [0.15, 0.2) is 5.82 Å². The van der Waals surface area contributed by atoms with Crippen LogP contribution in [0.25, 0.3) is 11.5 Å². The predicted octanol–water partition coefficient (Wildman–Crippen LogP) is 1.86. The van der Waals surface area contributed by atoms with Crippen LogP contribution in [0.3, 0.4) is 0 Å². The molecule has 1 heterocycles. The van der Waals surface area contributed by atoms with E-state index in [1.807, 2.05) is 43.3 Å². The van der Waals surface area contributed by atoms with Crippen molar-refractivity contribution in [3.63, 3.8) is 0 Å². The summed E-state index contributed by atoms with van der Waals surface area (Å²) in [6, 6.07) is 7.78. The third-order valence-corrected chi connectivity index (χ3v) is 2.42. The first-order valence-corrected chi connectivity index (χ1v) is 5.37. The molecular formula is C12H15N3O2. The van der Waals surface area contributed by atoms with Gasteiger partial charge in [0.1, 0.15) is 6.10 Å². The maximum Gasteiger partial charge on any atom is 0.258 e. The van der Waals surface area contributed by atoms with Gasteiger partial charge in [-0.05, 0) is 25.1 Å². The lowest BCUT2D eigenvalue weighted by Crippen LogP contribution is -2.08. The first kappa shape index (κ1) is 11.6. The summed E-state index contributed by atoms with van der Waals surface area (Å²) in [5, 5.41) is 13.1. The van der Waals surface area contributed by atoms with Crippen molar-refractivity contribution in [2.45, 2.75) is 13.0 Å². The van der Waals surface area contributed by atoms with Crippen molar-refractivity contribution in [3.8, 4) is 11.5 Å². The van der Waals surface area contributed by atoms with Crippen LogP contribution >= 0.6 is 0 Å². The quantitative estimate of drug-likeness (QED) is 0.876. The Hall–Kier alpha value is -1.88. The summed E-state index contributed by atoms with van der Waals surface area (Å²) >= 11 is 0. The number of benzene rings is 1. The minimum Gasteiger partial charge on any atom is -0.385 e. The normalized spacial score (nSPS) is 12.5. The van der Waals surface area contributed by atoms with Crippen molar-refractivity contribution >= 4 is 5.69 Å². The third-order valence-electron chi connectivity index (χ3n) is 2.42. The van der Waals surface area contributed by atoms with Gasteiger partial charge in [-0.25, -0.2) is 0 Å². The topological polar surface area (TPSA) is 62.4 Å². The number of hydrogen-bond donors (Lipinski definition) is 1. The first-order valence-electron chi connectivity index (χ1n) is 5.37. The summed E-state index contributed by atoms with van der Waals surface area (Å²) in [6.07, 6.45) is -0.718. The third kappa shape index (κ3) is 2.45. The highest BCUT2D eigenvalue weighted by Crippen LogP contribution is 2.23. The average molecular weight is 233 g/mol. The molecule has 0 bridgehead atoms. The summed E-state index contributed by atoms with van der Waals surface area (Å²) in [5.74, 6) is 0.722. The van der Waals surface area contributed by atoms with Crippen molar-refractivity contribution < 1.29 is 9.63 Å². The lowest BCUT2D eigenvalue weighted by molar-refractivity contribution is 0.184. The van der Waals surface area contributed by atoms with Crippen molar-refractivity contribution in [1.82, 2.24) is 10.1 Å². The molecule has 0 radical (unpaired) electrons. The Bertz CT molecular complexity index is 506. The lowest BCUT2D eigenvalue weighted by atomic mass is 10.2. The molecule has 0 aliphatic heterocycles. The van der Waals surface area contributed by atoms with Gasteiger partial charge >= 0.3 is 0 Å². The number of aliphatic hydroxyl groups excluding tert-OH is 1. The maximum atomic E-state index is 9.33. The number of aromatic nitrogens is 2. The van der Waals surface area contributed by atoms with Crippen LogP contribution in [0, 0.1) is 0 Å². The lowest BCUT2D eigenvalue weighted by Gasteiger charge is -2.12. The second-order valence-electron chi connectivity index (χ2n) is 4.08. The number of anilines is 1. The van der Waals surface area contributed by atoms with Gasteiger partial charge in [0.2, 0.25) is 0 Å². The highest BCUT2D eigenvalue weighted by Gasteiger charge is 2.12. The Kier molecular flexibility index (Phi) is 3.10. The van der Waals surface area contributed by atoms with E-state index in [2.05, 4.69) is 10.1 Å². The number of aliphatic hydroxyl groups is 1. The van der Waals surface area contributed by atoms with Gasteiger partial charge in [0, 0.05) is 25.3 Å². The van der Waals surface area contributed by atoms with Gasteiger partial charge in [-0.2, -0.15) is 4.98 Å². The Labute approximate surface area is 99.7 Å². The van der Waals surface area contributed by atoms with Gasteiger partial charge in [0.25, 0.3) is 5.89 Å². The molecule has 0 aliphatic rings. The number of rotatable bonds is 3. The highest BCUT2D eigenvalue weighted by atomic mass is 16.5. The summed E-state index contributed by atoms with van der Waals surface area (Å²) < 4.78 is 5.11. The van der Waals surface area contributed by atoms with E-state index in [1.54, 1.807) is 6.92 Å². The SMILES string of the molecule is CC(O)c1noc(-c2cccc(N(C)C)c2)n1. The zero-order valence-electron chi connectivity index (χ0n) is 10.1. The van der Waals surface area contributed by atoms with Gasteiger partial charge < -0.3 is 14.5 Å². The van der Waals surface area contributed by atoms with Crippen molar-refractivity contribution in [3.05, 3.63) is 30.1 Å². The van der Waals surface area contributed by atoms with E-state index in [0.29, 0.717) is 11.7 Å². The zero-order valence-corrected chi connectivity index (χ0v) is 10.1. The molecule has 0 saturated heterocycles. The van der Waals surface area contributed by atoms with Crippen LogP contribution < -0.4 is 4.90 Å². The molecule has 1 unspecified atom stereocenters. The van der Waals surface area contributed by atoms with Crippen LogP contribution in [-0.4, -0.2) is 29.3 Å². The molecule has 0 spiro atoms. The Morgan fingerprint density at radius 2 is 2.12 bits per heavy atom. The number of hydrogen-bond acceptors (Lipinski definition) is 5. The van der Waals surface area contributed by atoms with Gasteiger partial charge in [0.05, 0.1) is 0 Å². The van der Waals surface area contributed by atoms with Crippen LogP contribution in [-0.2, 0) is 0 Å². The van der Waals surface area contributed by atoms with E-state index in [0.717, 1.165) is 11.3 Å². The Balaban J connectivity index is 2.35. The van der Waals surface area contributed by atoms with Crippen LogP contribution in [0.2, 0.25) is 0 Å². The molecule has 1 aromatic heterocycles. The molecular weight excluding hydrogens is 218 g/mol. The predicted molar refractivity (Wildman–Crippen MR) is 64.7 cm³/mol. The number of nitrogens with zero attached hydrogens (tertiary/aromatic N) is 3. The molecule has 0 amide bonds. The minimum atomic E-state index is -0.718. The van der Waals surface area contributed by atoms with Gasteiger partial charge in [-0.1, -0.05) is 11.2 Å². The Morgan fingerprint density at radius 3 is 2.71 bits per heavy atom. The molecule has 17 heavy (non-hydrogen) atoms. The van der Waals surface area contributed by atoms with E-state index < -0.39 is 6.10 Å². The molecule has 0 aliphatic carbocycles. The van der Waals surface area contributed by atoms with Crippen LogP contribution in [0.15, 0.2) is 28.8 Å². The molecule has 1 aromatic carbocycles. The molecule has 5 heteroatoms. The molecule has 1 N–H and O–H groups in total. The fourth-order valence-electron chi connectivity index (χ4n) is 1.44. The average Bonchev–Trinajstić information content (AvgIpc) is 2.78. The van der Waals surface area contributed by atoms with E-state index in [1.165, 1.54) is 0 Å². The fraction of sp³-hybridized carbons (Fsp3) is 0.333. The van der Waals surface area contributed by atoms with E-state index in [4.69, 9.17) is 4.52 Å². The maximum absolute atomic E-state index is 9.33.